The Labute approximate surface area is 86.5 Å². The van der Waals surface area contributed by atoms with E-state index in [2.05, 4.69) is 0 Å². The standard InChI is InChI=1S/C11H13F3O/c1-7(2)5-8-3-4-9(6-10(8)15)11(12,13)14/h3-4,6-7,15H,5H2,1-2H3. The summed E-state index contributed by atoms with van der Waals surface area (Å²) in [4.78, 5) is 0. The predicted octanol–water partition coefficient (Wildman–Crippen LogP) is 3.61. The number of rotatable bonds is 2. The molecule has 0 amide bonds. The van der Waals surface area contributed by atoms with Crippen LogP contribution in [0, 0.1) is 5.92 Å². The van der Waals surface area contributed by atoms with Crippen molar-refractivity contribution in [2.75, 3.05) is 0 Å². The molecule has 1 N–H and O–H groups in total. The van der Waals surface area contributed by atoms with Crippen LogP contribution in [0.25, 0.3) is 0 Å². The van der Waals surface area contributed by atoms with E-state index < -0.39 is 11.7 Å². The molecule has 0 aliphatic carbocycles. The molecule has 0 aromatic heterocycles. The van der Waals surface area contributed by atoms with Crippen molar-refractivity contribution in [1.82, 2.24) is 0 Å². The second kappa shape index (κ2) is 4.13. The fourth-order valence-electron chi connectivity index (χ4n) is 1.35. The van der Waals surface area contributed by atoms with Gasteiger partial charge in [0.25, 0.3) is 0 Å². The molecule has 0 saturated carbocycles. The first-order valence-corrected chi connectivity index (χ1v) is 4.70. The third-order valence-corrected chi connectivity index (χ3v) is 2.04. The van der Waals surface area contributed by atoms with Gasteiger partial charge in [-0.3, -0.25) is 0 Å². The third kappa shape index (κ3) is 3.15. The summed E-state index contributed by atoms with van der Waals surface area (Å²) in [6.45, 7) is 3.88. The lowest BCUT2D eigenvalue weighted by atomic mass is 10.0. The number of hydrogen-bond acceptors (Lipinski definition) is 1. The maximum absolute atomic E-state index is 12.3. The number of alkyl halides is 3. The van der Waals surface area contributed by atoms with Crippen molar-refractivity contribution >= 4 is 0 Å². The highest BCUT2D eigenvalue weighted by Crippen LogP contribution is 2.33. The fraction of sp³-hybridized carbons (Fsp3) is 0.455. The van der Waals surface area contributed by atoms with Gasteiger partial charge in [-0.05, 0) is 30.0 Å². The maximum atomic E-state index is 12.3. The largest absolute Gasteiger partial charge is 0.508 e. The van der Waals surface area contributed by atoms with Crippen molar-refractivity contribution in [3.63, 3.8) is 0 Å². The average Bonchev–Trinajstić information content (AvgIpc) is 2.05. The maximum Gasteiger partial charge on any atom is 0.416 e. The number of benzene rings is 1. The Kier molecular flexibility index (Phi) is 3.27. The molecule has 0 heterocycles. The van der Waals surface area contributed by atoms with Crippen molar-refractivity contribution in [1.29, 1.82) is 0 Å². The quantitative estimate of drug-likeness (QED) is 0.803. The lowest BCUT2D eigenvalue weighted by molar-refractivity contribution is -0.137. The van der Waals surface area contributed by atoms with E-state index in [1.54, 1.807) is 0 Å². The molecule has 0 spiro atoms. The summed E-state index contributed by atoms with van der Waals surface area (Å²) >= 11 is 0. The summed E-state index contributed by atoms with van der Waals surface area (Å²) in [6.07, 6.45) is -3.82. The average molecular weight is 218 g/mol. The van der Waals surface area contributed by atoms with Crippen molar-refractivity contribution < 1.29 is 18.3 Å². The summed E-state index contributed by atoms with van der Waals surface area (Å²) in [5, 5.41) is 9.40. The van der Waals surface area contributed by atoms with Gasteiger partial charge in [0.15, 0.2) is 0 Å². The number of halogens is 3. The molecule has 15 heavy (non-hydrogen) atoms. The van der Waals surface area contributed by atoms with Crippen LogP contribution in [0.4, 0.5) is 13.2 Å². The third-order valence-electron chi connectivity index (χ3n) is 2.04. The topological polar surface area (TPSA) is 20.2 Å². The highest BCUT2D eigenvalue weighted by Gasteiger charge is 2.30. The minimum absolute atomic E-state index is 0.279. The first kappa shape index (κ1) is 11.9. The molecule has 0 fully saturated rings. The molecule has 84 valence electrons. The van der Waals surface area contributed by atoms with Crippen molar-refractivity contribution in [3.8, 4) is 5.75 Å². The van der Waals surface area contributed by atoms with Crippen LogP contribution in [-0.4, -0.2) is 5.11 Å². The van der Waals surface area contributed by atoms with Crippen molar-refractivity contribution in [2.45, 2.75) is 26.4 Å². The minimum Gasteiger partial charge on any atom is -0.508 e. The van der Waals surface area contributed by atoms with Gasteiger partial charge in [0.2, 0.25) is 0 Å². The SMILES string of the molecule is CC(C)Cc1ccc(C(F)(F)F)cc1O. The monoisotopic (exact) mass is 218 g/mol. The fourth-order valence-corrected chi connectivity index (χ4v) is 1.35. The lowest BCUT2D eigenvalue weighted by Crippen LogP contribution is -2.05. The molecule has 1 rings (SSSR count). The highest BCUT2D eigenvalue weighted by molar-refractivity contribution is 5.37. The molecule has 0 saturated heterocycles. The van der Waals surface area contributed by atoms with Gasteiger partial charge in [-0.2, -0.15) is 13.2 Å². The number of phenolic OH excluding ortho intramolecular Hbond substituents is 1. The predicted molar refractivity (Wildman–Crippen MR) is 51.7 cm³/mol. The van der Waals surface area contributed by atoms with Crippen LogP contribution in [0.15, 0.2) is 18.2 Å². The molecule has 0 atom stereocenters. The van der Waals surface area contributed by atoms with E-state index in [4.69, 9.17) is 0 Å². The van der Waals surface area contributed by atoms with Crippen LogP contribution in [0.2, 0.25) is 0 Å². The van der Waals surface area contributed by atoms with Gasteiger partial charge in [0, 0.05) is 0 Å². The minimum atomic E-state index is -4.39. The Balaban J connectivity index is 2.98. The number of aromatic hydroxyl groups is 1. The molecule has 1 aromatic carbocycles. The van der Waals surface area contributed by atoms with Crippen LogP contribution >= 0.6 is 0 Å². The van der Waals surface area contributed by atoms with Crippen molar-refractivity contribution in [2.24, 2.45) is 5.92 Å². The summed E-state index contributed by atoms with van der Waals surface area (Å²) in [5.41, 5.74) is -0.259. The van der Waals surface area contributed by atoms with Gasteiger partial charge in [-0.1, -0.05) is 19.9 Å². The van der Waals surface area contributed by atoms with Gasteiger partial charge in [-0.15, -0.1) is 0 Å². The smallest absolute Gasteiger partial charge is 0.416 e. The molecule has 0 radical (unpaired) electrons. The Bertz CT molecular complexity index is 342. The van der Waals surface area contributed by atoms with Crippen LogP contribution in [-0.2, 0) is 12.6 Å². The molecule has 1 aromatic rings. The molecule has 1 nitrogen and oxygen atoms in total. The molecule has 0 bridgehead atoms. The Morgan fingerprint density at radius 1 is 1.27 bits per heavy atom. The zero-order valence-electron chi connectivity index (χ0n) is 8.60. The molecular weight excluding hydrogens is 205 g/mol. The van der Waals surface area contributed by atoms with Crippen molar-refractivity contribution in [3.05, 3.63) is 29.3 Å². The number of hydrogen-bond donors (Lipinski definition) is 1. The Morgan fingerprint density at radius 2 is 1.87 bits per heavy atom. The summed E-state index contributed by atoms with van der Waals surface area (Å²) < 4.78 is 36.8. The lowest BCUT2D eigenvalue weighted by Gasteiger charge is -2.11. The van der Waals surface area contributed by atoms with Gasteiger partial charge in [0.1, 0.15) is 5.75 Å². The molecule has 0 unspecified atom stereocenters. The normalized spacial score (nSPS) is 12.1. The zero-order chi connectivity index (χ0) is 11.6. The Hall–Kier alpha value is -1.19. The van der Waals surface area contributed by atoms with Crippen LogP contribution in [0.3, 0.4) is 0 Å². The van der Waals surface area contributed by atoms with E-state index in [1.165, 1.54) is 6.07 Å². The zero-order valence-corrected chi connectivity index (χ0v) is 8.60. The van der Waals surface area contributed by atoms with E-state index in [9.17, 15) is 18.3 Å². The van der Waals surface area contributed by atoms with Gasteiger partial charge in [-0.25, -0.2) is 0 Å². The van der Waals surface area contributed by atoms with E-state index in [0.29, 0.717) is 17.9 Å². The second-order valence-corrected chi connectivity index (χ2v) is 3.94. The van der Waals surface area contributed by atoms with E-state index in [1.807, 2.05) is 13.8 Å². The summed E-state index contributed by atoms with van der Waals surface area (Å²) in [5.74, 6) is 0.0196. The van der Waals surface area contributed by atoms with Crippen LogP contribution < -0.4 is 0 Å². The first-order chi connectivity index (χ1) is 6.80. The van der Waals surface area contributed by atoms with E-state index >= 15 is 0 Å². The molecular formula is C11H13F3O. The van der Waals surface area contributed by atoms with E-state index in [-0.39, 0.29) is 5.75 Å². The first-order valence-electron chi connectivity index (χ1n) is 4.70. The molecule has 0 aliphatic heterocycles. The van der Waals surface area contributed by atoms with Gasteiger partial charge in [0.05, 0.1) is 5.56 Å². The van der Waals surface area contributed by atoms with Crippen LogP contribution in [0.1, 0.15) is 25.0 Å². The number of phenols is 1. The Morgan fingerprint density at radius 3 is 2.27 bits per heavy atom. The summed E-state index contributed by atoms with van der Waals surface area (Å²) in [7, 11) is 0. The molecule has 0 aliphatic rings. The summed E-state index contributed by atoms with van der Waals surface area (Å²) in [6, 6.07) is 3.10. The van der Waals surface area contributed by atoms with Gasteiger partial charge < -0.3 is 5.11 Å². The van der Waals surface area contributed by atoms with Crippen LogP contribution in [0.5, 0.6) is 5.75 Å². The molecule has 4 heteroatoms. The second-order valence-electron chi connectivity index (χ2n) is 3.94. The highest BCUT2D eigenvalue weighted by atomic mass is 19.4. The van der Waals surface area contributed by atoms with Gasteiger partial charge >= 0.3 is 6.18 Å². The van der Waals surface area contributed by atoms with E-state index in [0.717, 1.165) is 12.1 Å².